The molecule has 0 amide bonds. The highest BCUT2D eigenvalue weighted by Crippen LogP contribution is 2.29. The lowest BCUT2D eigenvalue weighted by Gasteiger charge is -2.16. The van der Waals surface area contributed by atoms with Crippen LogP contribution in [0.1, 0.15) is 31.4 Å². The Balaban J connectivity index is 2.03. The van der Waals surface area contributed by atoms with E-state index in [-0.39, 0.29) is 6.10 Å². The van der Waals surface area contributed by atoms with E-state index < -0.39 is 6.10 Å². The van der Waals surface area contributed by atoms with Crippen LogP contribution in [-0.2, 0) is 4.74 Å². The number of aliphatic hydroxyl groups is 1. The number of hydrogen-bond acceptors (Lipinski definition) is 3. The number of halogens is 1. The summed E-state index contributed by atoms with van der Waals surface area (Å²) in [6.45, 7) is 3.12. The Bertz CT molecular complexity index is 373. The number of hydrogen-bond donors (Lipinski definition) is 1. The molecule has 2 rings (SSSR count). The van der Waals surface area contributed by atoms with Crippen LogP contribution in [0, 0.1) is 0 Å². The molecule has 0 bridgehead atoms. The van der Waals surface area contributed by atoms with Crippen molar-refractivity contribution in [1.29, 1.82) is 0 Å². The van der Waals surface area contributed by atoms with E-state index in [0.29, 0.717) is 6.61 Å². The van der Waals surface area contributed by atoms with Gasteiger partial charge in [0.15, 0.2) is 0 Å². The predicted molar refractivity (Wildman–Crippen MR) is 69.2 cm³/mol. The zero-order valence-corrected chi connectivity index (χ0v) is 11.4. The molecule has 1 N–H and O–H groups in total. The molecule has 0 saturated carbocycles. The third kappa shape index (κ3) is 3.44. The summed E-state index contributed by atoms with van der Waals surface area (Å²) in [5, 5.41) is 9.69. The molecular weight excluding hydrogens is 284 g/mol. The zero-order chi connectivity index (χ0) is 12.3. The topological polar surface area (TPSA) is 38.7 Å². The van der Waals surface area contributed by atoms with E-state index in [4.69, 9.17) is 9.47 Å². The van der Waals surface area contributed by atoms with Crippen molar-refractivity contribution >= 4 is 15.9 Å². The third-order valence-electron chi connectivity index (χ3n) is 2.87. The lowest BCUT2D eigenvalue weighted by atomic mass is 10.1. The zero-order valence-electron chi connectivity index (χ0n) is 9.86. The van der Waals surface area contributed by atoms with Gasteiger partial charge >= 0.3 is 0 Å². The summed E-state index contributed by atoms with van der Waals surface area (Å²) < 4.78 is 12.2. The van der Waals surface area contributed by atoms with Gasteiger partial charge in [-0.2, -0.15) is 0 Å². The first-order valence-electron chi connectivity index (χ1n) is 5.88. The lowest BCUT2D eigenvalue weighted by molar-refractivity contribution is 0.0664. The van der Waals surface area contributed by atoms with E-state index in [0.717, 1.165) is 35.2 Å². The Morgan fingerprint density at radius 1 is 1.59 bits per heavy atom. The maximum atomic E-state index is 9.69. The summed E-state index contributed by atoms with van der Waals surface area (Å²) in [4.78, 5) is 0. The van der Waals surface area contributed by atoms with Gasteiger partial charge in [0.25, 0.3) is 0 Å². The quantitative estimate of drug-likeness (QED) is 0.929. The minimum atomic E-state index is -0.535. The molecule has 17 heavy (non-hydrogen) atoms. The summed E-state index contributed by atoms with van der Waals surface area (Å²) in [6.07, 6.45) is 1.82. The second-order valence-electron chi connectivity index (χ2n) is 4.30. The van der Waals surface area contributed by atoms with Crippen LogP contribution in [0.25, 0.3) is 0 Å². The molecule has 3 nitrogen and oxygen atoms in total. The first-order valence-corrected chi connectivity index (χ1v) is 6.68. The molecule has 1 aromatic carbocycles. The van der Waals surface area contributed by atoms with E-state index in [1.807, 2.05) is 18.2 Å². The normalized spacial score (nSPS) is 21.5. The number of ether oxygens (including phenoxy) is 2. The summed E-state index contributed by atoms with van der Waals surface area (Å²) in [5.41, 5.74) is 0.803. The Hall–Kier alpha value is -0.580. The molecule has 4 heteroatoms. The van der Waals surface area contributed by atoms with Gasteiger partial charge in [-0.1, -0.05) is 15.9 Å². The van der Waals surface area contributed by atoms with E-state index >= 15 is 0 Å². The number of aliphatic hydroxyl groups excluding tert-OH is 1. The fourth-order valence-corrected chi connectivity index (χ4v) is 2.31. The molecular formula is C13H17BrO3. The van der Waals surface area contributed by atoms with E-state index in [1.165, 1.54) is 0 Å². The first-order chi connectivity index (χ1) is 8.16. The highest BCUT2D eigenvalue weighted by atomic mass is 79.9. The van der Waals surface area contributed by atoms with E-state index in [2.05, 4.69) is 15.9 Å². The average Bonchev–Trinajstić information content (AvgIpc) is 2.80. The van der Waals surface area contributed by atoms with Gasteiger partial charge in [-0.3, -0.25) is 0 Å². The van der Waals surface area contributed by atoms with Crippen molar-refractivity contribution in [2.24, 2.45) is 0 Å². The number of benzene rings is 1. The summed E-state index contributed by atoms with van der Waals surface area (Å²) >= 11 is 3.39. The van der Waals surface area contributed by atoms with E-state index in [1.54, 1.807) is 6.92 Å². The van der Waals surface area contributed by atoms with Crippen LogP contribution >= 0.6 is 15.9 Å². The monoisotopic (exact) mass is 300 g/mol. The van der Waals surface area contributed by atoms with Gasteiger partial charge in [0.1, 0.15) is 12.4 Å². The average molecular weight is 301 g/mol. The van der Waals surface area contributed by atoms with Crippen LogP contribution in [0.15, 0.2) is 22.7 Å². The number of rotatable bonds is 4. The van der Waals surface area contributed by atoms with Crippen molar-refractivity contribution in [3.05, 3.63) is 28.2 Å². The lowest BCUT2D eigenvalue weighted by Crippen LogP contribution is -2.17. The molecule has 1 heterocycles. The van der Waals surface area contributed by atoms with Crippen LogP contribution in [0.2, 0.25) is 0 Å². The van der Waals surface area contributed by atoms with Crippen LogP contribution < -0.4 is 4.74 Å². The van der Waals surface area contributed by atoms with Crippen LogP contribution in [0.3, 0.4) is 0 Å². The third-order valence-corrected chi connectivity index (χ3v) is 3.36. The second kappa shape index (κ2) is 5.85. The molecule has 1 unspecified atom stereocenters. The minimum Gasteiger partial charge on any atom is -0.490 e. The molecule has 94 valence electrons. The van der Waals surface area contributed by atoms with Crippen molar-refractivity contribution in [2.75, 3.05) is 13.2 Å². The van der Waals surface area contributed by atoms with Gasteiger partial charge in [0.2, 0.25) is 0 Å². The summed E-state index contributed by atoms with van der Waals surface area (Å²) in [5.74, 6) is 0.735. The maximum Gasteiger partial charge on any atom is 0.125 e. The molecule has 0 spiro atoms. The fourth-order valence-electron chi connectivity index (χ4n) is 1.94. The molecule has 0 aromatic heterocycles. The molecule has 2 atom stereocenters. The summed E-state index contributed by atoms with van der Waals surface area (Å²) in [6, 6.07) is 5.67. The van der Waals surface area contributed by atoms with Crippen molar-refractivity contribution in [2.45, 2.75) is 32.0 Å². The van der Waals surface area contributed by atoms with Gasteiger partial charge < -0.3 is 14.6 Å². The van der Waals surface area contributed by atoms with Gasteiger partial charge in [0, 0.05) is 16.6 Å². The minimum absolute atomic E-state index is 0.195. The Labute approximate surface area is 110 Å². The van der Waals surface area contributed by atoms with E-state index in [9.17, 15) is 5.11 Å². The van der Waals surface area contributed by atoms with Crippen LogP contribution in [0.5, 0.6) is 5.75 Å². The summed E-state index contributed by atoms with van der Waals surface area (Å²) in [7, 11) is 0. The largest absolute Gasteiger partial charge is 0.490 e. The van der Waals surface area contributed by atoms with Crippen LogP contribution in [0.4, 0.5) is 0 Å². The van der Waals surface area contributed by atoms with Crippen LogP contribution in [-0.4, -0.2) is 24.4 Å². The Morgan fingerprint density at radius 3 is 3.06 bits per heavy atom. The maximum absolute atomic E-state index is 9.69. The molecule has 1 saturated heterocycles. The van der Waals surface area contributed by atoms with Gasteiger partial charge in [0.05, 0.1) is 12.2 Å². The molecule has 0 aliphatic carbocycles. The van der Waals surface area contributed by atoms with Crippen molar-refractivity contribution in [3.63, 3.8) is 0 Å². The fraction of sp³-hybridized carbons (Fsp3) is 0.538. The highest BCUT2D eigenvalue weighted by Gasteiger charge is 2.17. The molecule has 0 radical (unpaired) electrons. The molecule has 1 aliphatic heterocycles. The SMILES string of the molecule is C[C@H](O)c1cc(Br)ccc1OCC1CCCO1. The van der Waals surface area contributed by atoms with Gasteiger partial charge in [-0.25, -0.2) is 0 Å². The van der Waals surface area contributed by atoms with Gasteiger partial charge in [-0.05, 0) is 38.0 Å². The highest BCUT2D eigenvalue weighted by molar-refractivity contribution is 9.10. The Kier molecular flexibility index (Phi) is 4.42. The van der Waals surface area contributed by atoms with Gasteiger partial charge in [-0.15, -0.1) is 0 Å². The van der Waals surface area contributed by atoms with Crippen molar-refractivity contribution in [1.82, 2.24) is 0 Å². The van der Waals surface area contributed by atoms with Crippen molar-refractivity contribution < 1.29 is 14.6 Å². The predicted octanol–water partition coefficient (Wildman–Crippen LogP) is 3.06. The standard InChI is InChI=1S/C13H17BrO3/c1-9(15)12-7-10(14)4-5-13(12)17-8-11-3-2-6-16-11/h4-5,7,9,11,15H,2-3,6,8H2,1H3/t9-,11?/m0/s1. The first kappa shape index (κ1) is 12.9. The second-order valence-corrected chi connectivity index (χ2v) is 5.22. The van der Waals surface area contributed by atoms with Crippen molar-refractivity contribution in [3.8, 4) is 5.75 Å². The molecule has 1 aliphatic rings. The molecule has 1 aromatic rings. The smallest absolute Gasteiger partial charge is 0.125 e. The molecule has 1 fully saturated rings. The Morgan fingerprint density at radius 2 is 2.41 bits per heavy atom.